The Morgan fingerprint density at radius 3 is 2.51 bits per heavy atom. The van der Waals surface area contributed by atoms with Crippen molar-refractivity contribution in [2.24, 2.45) is 11.3 Å². The highest BCUT2D eigenvalue weighted by atomic mass is 35.5. The van der Waals surface area contributed by atoms with Gasteiger partial charge in [0.05, 0.1) is 11.8 Å². The molecule has 1 aromatic heterocycles. The Hall–Kier alpha value is -4.00. The number of halogens is 5. The van der Waals surface area contributed by atoms with Crippen LogP contribution in [0.15, 0.2) is 65.2 Å². The Kier molecular flexibility index (Phi) is 13.4. The van der Waals surface area contributed by atoms with Gasteiger partial charge in [-0.3, -0.25) is 20.5 Å². The number of anilines is 1. The third-order valence-corrected chi connectivity index (χ3v) is 14.7. The van der Waals surface area contributed by atoms with Crippen LogP contribution in [0.5, 0.6) is 11.6 Å². The number of sulfonamides is 1. The predicted molar refractivity (Wildman–Crippen MR) is 231 cm³/mol. The summed E-state index contributed by atoms with van der Waals surface area (Å²) < 4.78 is 104. The van der Waals surface area contributed by atoms with Gasteiger partial charge in [0, 0.05) is 94.1 Å². The first-order valence-corrected chi connectivity index (χ1v) is 23.6. The predicted octanol–water partition coefficient (Wildman–Crippen LogP) is 7.58. The molecule has 5 aliphatic rings. The molecule has 3 aliphatic heterocycles. The summed E-state index contributed by atoms with van der Waals surface area (Å²) in [6.07, 6.45) is 0.788. The number of benzene rings is 2. The molecule has 1 saturated carbocycles. The van der Waals surface area contributed by atoms with Gasteiger partial charge in [-0.2, -0.15) is 13.2 Å². The first-order chi connectivity index (χ1) is 30.0. The monoisotopic (exact) mass is 918 g/mol. The minimum absolute atomic E-state index is 0.0729. The summed E-state index contributed by atoms with van der Waals surface area (Å²) in [5.41, 5.74) is 8.00. The number of alkyl halides is 4. The second-order valence-electron chi connectivity index (χ2n) is 18.3. The number of aromatic nitrogens is 1. The highest BCUT2D eigenvalue weighted by Crippen LogP contribution is 2.44. The molecule has 4 fully saturated rings. The Bertz CT molecular complexity index is 2280. The van der Waals surface area contributed by atoms with Gasteiger partial charge in [-0.15, -0.1) is 0 Å². The van der Waals surface area contributed by atoms with Crippen molar-refractivity contribution in [3.05, 3.63) is 82.0 Å². The van der Waals surface area contributed by atoms with Crippen molar-refractivity contribution in [1.82, 2.24) is 25.5 Å². The van der Waals surface area contributed by atoms with E-state index in [0.717, 1.165) is 63.8 Å². The van der Waals surface area contributed by atoms with E-state index in [0.29, 0.717) is 36.9 Å². The van der Waals surface area contributed by atoms with E-state index >= 15 is 4.39 Å². The number of nitrogens with one attached hydrogen (secondary N) is 3. The molecule has 63 heavy (non-hydrogen) atoms. The van der Waals surface area contributed by atoms with E-state index in [4.69, 9.17) is 25.8 Å². The van der Waals surface area contributed by atoms with Crippen LogP contribution in [0.1, 0.15) is 86.7 Å². The van der Waals surface area contributed by atoms with Gasteiger partial charge < -0.3 is 19.1 Å². The summed E-state index contributed by atoms with van der Waals surface area (Å²) in [5, 5.41) is 0.712. The lowest BCUT2D eigenvalue weighted by Crippen LogP contribution is -2.47. The zero-order valence-electron chi connectivity index (χ0n) is 35.5. The van der Waals surface area contributed by atoms with Gasteiger partial charge in [-0.1, -0.05) is 43.2 Å². The lowest BCUT2D eigenvalue weighted by molar-refractivity contribution is -0.140. The molecule has 2 aromatic carbocycles. The molecule has 3 atom stereocenters. The number of carbonyl (C=O) groups is 1. The minimum Gasteiger partial charge on any atom is -0.489 e. The summed E-state index contributed by atoms with van der Waals surface area (Å²) in [5.74, 6) is -1.78. The van der Waals surface area contributed by atoms with Gasteiger partial charge in [0.1, 0.15) is 34.6 Å². The fourth-order valence-corrected chi connectivity index (χ4v) is 10.5. The molecule has 1 amide bonds. The minimum atomic E-state index is -5.11. The van der Waals surface area contributed by atoms with Gasteiger partial charge in [0.2, 0.25) is 5.88 Å². The molecule has 8 rings (SSSR count). The van der Waals surface area contributed by atoms with E-state index in [-0.39, 0.29) is 60.8 Å². The first kappa shape index (κ1) is 45.6. The zero-order chi connectivity index (χ0) is 44.6. The third-order valence-electron chi connectivity index (χ3n) is 13.2. The average molecular weight is 919 g/mol. The van der Waals surface area contributed by atoms with E-state index in [1.54, 1.807) is 12.1 Å². The number of pyridine rings is 1. The molecule has 3 N–H and O–H groups in total. The topological polar surface area (TPSA) is 134 Å². The van der Waals surface area contributed by atoms with Crippen molar-refractivity contribution < 1.29 is 45.0 Å². The molecule has 3 saturated heterocycles. The maximum absolute atomic E-state index is 15.1. The Labute approximate surface area is 371 Å². The summed E-state index contributed by atoms with van der Waals surface area (Å²) in [7, 11) is -4.91. The average Bonchev–Trinajstić information content (AvgIpc) is 3.74. The van der Waals surface area contributed by atoms with E-state index in [2.05, 4.69) is 51.6 Å². The van der Waals surface area contributed by atoms with Crippen molar-refractivity contribution >= 4 is 38.8 Å². The maximum atomic E-state index is 15.1. The zero-order valence-corrected chi connectivity index (χ0v) is 37.1. The van der Waals surface area contributed by atoms with Crippen LogP contribution >= 0.6 is 11.6 Å². The molecule has 4 heterocycles. The Morgan fingerprint density at radius 1 is 1.03 bits per heavy atom. The quantitative estimate of drug-likeness (QED) is 0.155. The van der Waals surface area contributed by atoms with Gasteiger partial charge in [-0.25, -0.2) is 22.5 Å². The number of carbonyl (C=O) groups excluding carboxylic acids is 1. The second kappa shape index (κ2) is 18.5. The van der Waals surface area contributed by atoms with E-state index in [1.165, 1.54) is 22.8 Å². The number of allylic oxidation sites excluding steroid dienone is 1. The molecule has 3 aromatic rings. The number of ether oxygens (including phenoxy) is 3. The van der Waals surface area contributed by atoms with Crippen LogP contribution in [0.2, 0.25) is 5.02 Å². The normalized spacial score (nSPS) is 24.2. The molecule has 12 nitrogen and oxygen atoms in total. The molecule has 0 radical (unpaired) electrons. The van der Waals surface area contributed by atoms with Crippen molar-refractivity contribution in [2.45, 2.75) is 94.1 Å². The number of rotatable bonds is 12. The van der Waals surface area contributed by atoms with Gasteiger partial charge in [0.15, 0.2) is 0 Å². The summed E-state index contributed by atoms with van der Waals surface area (Å²) in [6, 6.07) is 13.6. The largest absolute Gasteiger partial charge is 0.489 e. The van der Waals surface area contributed by atoms with Crippen LogP contribution in [-0.4, -0.2) is 101 Å². The first-order valence-electron chi connectivity index (χ1n) is 21.7. The molecule has 0 spiro atoms. The number of piperazine rings is 1. The van der Waals surface area contributed by atoms with Crippen molar-refractivity contribution in [2.75, 3.05) is 64.0 Å². The van der Waals surface area contributed by atoms with Gasteiger partial charge >= 0.3 is 6.18 Å². The van der Waals surface area contributed by atoms with Crippen molar-refractivity contribution in [1.29, 1.82) is 0 Å². The highest BCUT2D eigenvalue weighted by Gasteiger charge is 2.41. The SMILES string of the molecule is CC1(C)CCC(CN2CCN(c3ccc(C(=O)NS(=O)(=O)c4cnc(OCC5(F)CCOCC5)c(C(F)(F)F)c4)c(OC4CCCC5NNCC54)c3)CC2)=C(c2ccc(Cl)cc2)C1. The van der Waals surface area contributed by atoms with Crippen LogP contribution in [0, 0.1) is 11.3 Å². The smallest absolute Gasteiger partial charge is 0.421 e. The number of hydrogen-bond acceptors (Lipinski definition) is 11. The van der Waals surface area contributed by atoms with E-state index < -0.39 is 50.7 Å². The van der Waals surface area contributed by atoms with Crippen LogP contribution in [0.25, 0.3) is 5.57 Å². The fraction of sp³-hybridized carbons (Fsp3) is 0.556. The molecule has 3 unspecified atom stereocenters. The molecule has 18 heteroatoms. The van der Waals surface area contributed by atoms with Gasteiger partial charge in [0.25, 0.3) is 15.9 Å². The van der Waals surface area contributed by atoms with Crippen LogP contribution in [-0.2, 0) is 20.9 Å². The fourth-order valence-electron chi connectivity index (χ4n) is 9.40. The number of hydrogen-bond donors (Lipinski definition) is 3. The van der Waals surface area contributed by atoms with Crippen molar-refractivity contribution in [3.8, 4) is 11.6 Å². The molecular formula is C45H55ClF4N6O6S. The van der Waals surface area contributed by atoms with Crippen LogP contribution < -0.4 is 29.9 Å². The molecule has 342 valence electrons. The number of amides is 1. The van der Waals surface area contributed by atoms with Gasteiger partial charge in [-0.05, 0) is 85.4 Å². The summed E-state index contributed by atoms with van der Waals surface area (Å²) in [4.78, 5) is 21.3. The summed E-state index contributed by atoms with van der Waals surface area (Å²) in [6.45, 7) is 8.59. The molecular weight excluding hydrogens is 864 g/mol. The Balaban J connectivity index is 1.00. The standard InChI is InChI=1S/C45H55ClF4N6O6S/c1-43(2)13-12-30(35(24-43)29-6-8-31(46)9-7-29)27-55-16-18-56(19-17-55)32-10-11-34(40(22-32)62-39-5-3-4-38-36(39)26-52-53-38)41(57)54-63(58,59)33-23-37(45(48,49)50)42(51-25-33)61-28-44(47)14-20-60-21-15-44/h6-11,22-23,25,36,38-39,52-53H,3-5,12-21,24,26-28H2,1-2H3,(H,54,57). The van der Waals surface area contributed by atoms with E-state index in [1.807, 2.05) is 16.9 Å². The maximum Gasteiger partial charge on any atom is 0.421 e. The third kappa shape index (κ3) is 10.8. The molecule has 2 aliphatic carbocycles. The highest BCUT2D eigenvalue weighted by molar-refractivity contribution is 7.90. The van der Waals surface area contributed by atoms with E-state index in [9.17, 15) is 26.4 Å². The number of nitrogens with zero attached hydrogens (tertiary/aromatic N) is 3. The van der Waals surface area contributed by atoms with Crippen LogP contribution in [0.3, 0.4) is 0 Å². The lowest BCUT2D eigenvalue weighted by atomic mass is 9.72. The number of hydrazine groups is 1. The number of fused-ring (bicyclic) bond motifs is 1. The second-order valence-corrected chi connectivity index (χ2v) is 20.4. The summed E-state index contributed by atoms with van der Waals surface area (Å²) >= 11 is 6.23. The van der Waals surface area contributed by atoms with Crippen molar-refractivity contribution in [3.63, 3.8) is 0 Å². The Morgan fingerprint density at radius 2 is 1.78 bits per heavy atom. The van der Waals surface area contributed by atoms with Crippen LogP contribution in [0.4, 0.5) is 23.2 Å². The lowest BCUT2D eigenvalue weighted by Gasteiger charge is -2.39. The molecule has 0 bridgehead atoms.